The molecule has 3 nitrogen and oxygen atoms in total. The van der Waals surface area contributed by atoms with Gasteiger partial charge in [0.1, 0.15) is 11.6 Å². The van der Waals surface area contributed by atoms with E-state index in [-0.39, 0.29) is 5.56 Å². The van der Waals surface area contributed by atoms with Crippen LogP contribution in [0, 0.1) is 11.3 Å². The van der Waals surface area contributed by atoms with Gasteiger partial charge in [0.15, 0.2) is 0 Å². The highest BCUT2D eigenvalue weighted by molar-refractivity contribution is 9.10. The normalized spacial score (nSPS) is 10.4. The molecule has 0 unspecified atom stereocenters. The fourth-order valence-corrected chi connectivity index (χ4v) is 2.91. The van der Waals surface area contributed by atoms with Gasteiger partial charge in [-0.3, -0.25) is 4.79 Å². The summed E-state index contributed by atoms with van der Waals surface area (Å²) in [6.45, 7) is 0. The van der Waals surface area contributed by atoms with Crippen LogP contribution in [0.2, 0.25) is 10.0 Å². The van der Waals surface area contributed by atoms with E-state index in [1.165, 1.54) is 0 Å². The molecule has 24 heavy (non-hydrogen) atoms. The zero-order valence-electron chi connectivity index (χ0n) is 12.1. The van der Waals surface area contributed by atoms with Gasteiger partial charge in [-0.1, -0.05) is 57.3 Å². The summed E-state index contributed by atoms with van der Waals surface area (Å²) < 4.78 is 0.937. The van der Waals surface area contributed by atoms with Crippen LogP contribution in [0.4, 0.5) is 0 Å². The van der Waals surface area contributed by atoms with E-state index in [0.29, 0.717) is 26.9 Å². The molecule has 1 aromatic heterocycles. The molecule has 0 aliphatic rings. The maximum absolute atomic E-state index is 12.3. The van der Waals surface area contributed by atoms with Gasteiger partial charge in [-0.15, -0.1) is 0 Å². The molecule has 0 radical (unpaired) electrons. The largest absolute Gasteiger partial charge is 0.321 e. The van der Waals surface area contributed by atoms with Gasteiger partial charge < -0.3 is 4.98 Å². The van der Waals surface area contributed by atoms with Crippen molar-refractivity contribution < 1.29 is 0 Å². The molecule has 0 amide bonds. The first-order chi connectivity index (χ1) is 11.5. The van der Waals surface area contributed by atoms with Crippen molar-refractivity contribution in [3.8, 4) is 28.5 Å². The molecule has 0 spiro atoms. The maximum atomic E-state index is 12.3. The summed E-state index contributed by atoms with van der Waals surface area (Å²) in [7, 11) is 0. The van der Waals surface area contributed by atoms with Crippen LogP contribution in [0.5, 0.6) is 0 Å². The predicted octanol–water partition coefficient (Wildman–Crippen LogP) is 5.65. The summed E-state index contributed by atoms with van der Waals surface area (Å²) in [5.74, 6) is 0. The predicted molar refractivity (Wildman–Crippen MR) is 100 cm³/mol. The second-order valence-electron chi connectivity index (χ2n) is 5.05. The van der Waals surface area contributed by atoms with Crippen molar-refractivity contribution in [3.05, 3.63) is 79.0 Å². The Labute approximate surface area is 156 Å². The van der Waals surface area contributed by atoms with E-state index in [1.807, 2.05) is 30.3 Å². The Balaban J connectivity index is 2.24. The van der Waals surface area contributed by atoms with Crippen LogP contribution in [-0.2, 0) is 0 Å². The molecule has 0 atom stereocenters. The number of rotatable bonds is 2. The summed E-state index contributed by atoms with van der Waals surface area (Å²) in [5, 5.41) is 10.1. The number of aromatic amines is 1. The lowest BCUT2D eigenvalue weighted by Crippen LogP contribution is -2.12. The Kier molecular flexibility index (Phi) is 4.77. The van der Waals surface area contributed by atoms with E-state index >= 15 is 0 Å². The average molecular weight is 420 g/mol. The van der Waals surface area contributed by atoms with Gasteiger partial charge in [0.2, 0.25) is 0 Å². The van der Waals surface area contributed by atoms with Gasteiger partial charge in [-0.2, -0.15) is 5.26 Å². The highest BCUT2D eigenvalue weighted by atomic mass is 79.9. The SMILES string of the molecule is N#Cc1c(-c2ccc(Cl)c(Cl)c2)cc(-c2ccc(Br)cc2)[nH]c1=O. The molecule has 3 rings (SSSR count). The van der Waals surface area contributed by atoms with E-state index in [9.17, 15) is 10.1 Å². The molecular formula is C18H9BrCl2N2O. The smallest absolute Gasteiger partial charge is 0.266 e. The highest BCUT2D eigenvalue weighted by Gasteiger charge is 2.13. The van der Waals surface area contributed by atoms with Crippen LogP contribution in [0.1, 0.15) is 5.56 Å². The Morgan fingerprint density at radius 1 is 0.958 bits per heavy atom. The molecule has 2 aromatic carbocycles. The first kappa shape index (κ1) is 16.8. The third-order valence-corrected chi connectivity index (χ3v) is 4.80. The summed E-state index contributed by atoms with van der Waals surface area (Å²) in [6.07, 6.45) is 0. The summed E-state index contributed by atoms with van der Waals surface area (Å²) in [5.41, 5.74) is 2.21. The van der Waals surface area contributed by atoms with Gasteiger partial charge in [0, 0.05) is 15.7 Å². The number of benzene rings is 2. The average Bonchev–Trinajstić information content (AvgIpc) is 2.57. The minimum atomic E-state index is -0.445. The maximum Gasteiger partial charge on any atom is 0.266 e. The quantitative estimate of drug-likeness (QED) is 0.583. The van der Waals surface area contributed by atoms with E-state index in [1.54, 1.807) is 24.3 Å². The van der Waals surface area contributed by atoms with Crippen molar-refractivity contribution in [2.75, 3.05) is 0 Å². The number of nitriles is 1. The minimum absolute atomic E-state index is 0.0363. The third kappa shape index (κ3) is 3.25. The standard InChI is InChI=1S/C18H9BrCl2N2O/c19-12-4-1-10(2-5-12)17-8-13(14(9-22)18(24)23-17)11-3-6-15(20)16(21)7-11/h1-8H,(H,23,24). The minimum Gasteiger partial charge on any atom is -0.321 e. The molecule has 0 bridgehead atoms. The van der Waals surface area contributed by atoms with E-state index < -0.39 is 5.56 Å². The molecule has 1 heterocycles. The topological polar surface area (TPSA) is 56.6 Å². The van der Waals surface area contributed by atoms with Crippen LogP contribution in [0.15, 0.2) is 57.8 Å². The zero-order chi connectivity index (χ0) is 17.3. The van der Waals surface area contributed by atoms with Crippen LogP contribution < -0.4 is 5.56 Å². The van der Waals surface area contributed by atoms with Gasteiger partial charge in [0.05, 0.1) is 10.0 Å². The Bertz CT molecular complexity index is 1020. The van der Waals surface area contributed by atoms with Gasteiger partial charge in [-0.25, -0.2) is 0 Å². The van der Waals surface area contributed by atoms with Crippen molar-refractivity contribution >= 4 is 39.1 Å². The summed E-state index contributed by atoms with van der Waals surface area (Å²) in [6, 6.07) is 16.2. The summed E-state index contributed by atoms with van der Waals surface area (Å²) in [4.78, 5) is 15.1. The number of aromatic nitrogens is 1. The molecule has 0 aliphatic heterocycles. The first-order valence-corrected chi connectivity index (χ1v) is 8.43. The molecule has 6 heteroatoms. The number of H-pyrrole nitrogens is 1. The molecular weight excluding hydrogens is 411 g/mol. The second-order valence-corrected chi connectivity index (χ2v) is 6.78. The molecule has 1 N–H and O–H groups in total. The van der Waals surface area contributed by atoms with E-state index in [0.717, 1.165) is 10.0 Å². The van der Waals surface area contributed by atoms with Gasteiger partial charge in [-0.05, 0) is 41.5 Å². The van der Waals surface area contributed by atoms with Crippen molar-refractivity contribution in [2.45, 2.75) is 0 Å². The molecule has 0 aliphatic carbocycles. The van der Waals surface area contributed by atoms with Crippen LogP contribution in [0.25, 0.3) is 22.4 Å². The Morgan fingerprint density at radius 2 is 1.62 bits per heavy atom. The molecule has 0 fully saturated rings. The monoisotopic (exact) mass is 418 g/mol. The van der Waals surface area contributed by atoms with Crippen molar-refractivity contribution in [2.24, 2.45) is 0 Å². The van der Waals surface area contributed by atoms with Gasteiger partial charge >= 0.3 is 0 Å². The van der Waals surface area contributed by atoms with Crippen LogP contribution >= 0.6 is 39.1 Å². The Morgan fingerprint density at radius 3 is 2.25 bits per heavy atom. The number of hydrogen-bond donors (Lipinski definition) is 1. The van der Waals surface area contributed by atoms with Crippen molar-refractivity contribution in [1.29, 1.82) is 5.26 Å². The van der Waals surface area contributed by atoms with Gasteiger partial charge in [0.25, 0.3) is 5.56 Å². The second kappa shape index (κ2) is 6.82. The van der Waals surface area contributed by atoms with E-state index in [4.69, 9.17) is 23.2 Å². The molecule has 0 saturated heterocycles. The van der Waals surface area contributed by atoms with Crippen molar-refractivity contribution in [3.63, 3.8) is 0 Å². The lowest BCUT2D eigenvalue weighted by Gasteiger charge is -2.09. The summed E-state index contributed by atoms with van der Waals surface area (Å²) >= 11 is 15.4. The third-order valence-electron chi connectivity index (χ3n) is 3.53. The van der Waals surface area contributed by atoms with Crippen LogP contribution in [-0.4, -0.2) is 4.98 Å². The Hall–Kier alpha value is -2.06. The van der Waals surface area contributed by atoms with E-state index in [2.05, 4.69) is 20.9 Å². The number of nitrogens with zero attached hydrogens (tertiary/aromatic N) is 1. The number of hydrogen-bond acceptors (Lipinski definition) is 2. The first-order valence-electron chi connectivity index (χ1n) is 6.88. The lowest BCUT2D eigenvalue weighted by atomic mass is 9.99. The fourth-order valence-electron chi connectivity index (χ4n) is 2.35. The molecule has 118 valence electrons. The number of pyridine rings is 1. The van der Waals surface area contributed by atoms with Crippen molar-refractivity contribution in [1.82, 2.24) is 4.98 Å². The van der Waals surface area contributed by atoms with Crippen LogP contribution in [0.3, 0.4) is 0 Å². The number of halogens is 3. The molecule has 3 aromatic rings. The molecule has 0 saturated carbocycles. The zero-order valence-corrected chi connectivity index (χ0v) is 15.2. The lowest BCUT2D eigenvalue weighted by molar-refractivity contribution is 1.22. The number of nitrogens with one attached hydrogen (secondary N) is 1. The fraction of sp³-hybridized carbons (Fsp3) is 0. The highest BCUT2D eigenvalue weighted by Crippen LogP contribution is 2.31.